The topological polar surface area (TPSA) is 56.3 Å². The maximum absolute atomic E-state index is 11.8. The normalized spacial score (nSPS) is 12.5. The van der Waals surface area contributed by atoms with Gasteiger partial charge < -0.3 is 4.74 Å². The summed E-state index contributed by atoms with van der Waals surface area (Å²) in [5.74, 6) is -0.671. The van der Waals surface area contributed by atoms with Crippen molar-refractivity contribution in [2.45, 2.75) is 11.1 Å². The summed E-state index contributed by atoms with van der Waals surface area (Å²) in [4.78, 5) is 2.77. The molecule has 0 atom stereocenters. The summed E-state index contributed by atoms with van der Waals surface area (Å²) in [7, 11) is 0.801. The maximum atomic E-state index is 11.8. The summed E-state index contributed by atoms with van der Waals surface area (Å²) >= 11 is 0. The molecule has 9 heteroatoms. The molecule has 1 aromatic heterocycles. The molecule has 0 aromatic carbocycles. The van der Waals surface area contributed by atoms with Gasteiger partial charge in [-0.2, -0.15) is 13.2 Å². The molecule has 0 aliphatic heterocycles. The Bertz CT molecular complexity index is 474. The molecular weight excluding hydrogens is 271 g/mol. The van der Waals surface area contributed by atoms with E-state index in [0.717, 1.165) is 12.3 Å². The van der Waals surface area contributed by atoms with E-state index in [-0.39, 0.29) is 0 Å². The van der Waals surface area contributed by atoms with E-state index < -0.39 is 32.6 Å². The third-order valence-corrected chi connectivity index (χ3v) is 2.71. The van der Waals surface area contributed by atoms with Gasteiger partial charge in [0.05, 0.1) is 0 Å². The molecule has 0 saturated heterocycles. The average Bonchev–Trinajstić information content (AvgIpc) is 2.12. The molecule has 0 bridgehead atoms. The Balaban J connectivity index is 2.97. The van der Waals surface area contributed by atoms with Crippen molar-refractivity contribution in [3.63, 3.8) is 0 Å². The number of hydrogen-bond acceptors (Lipinski definition) is 4. The molecule has 0 unspecified atom stereocenters. The van der Waals surface area contributed by atoms with Crippen LogP contribution in [0.25, 0.3) is 0 Å². The Labute approximate surface area is 93.4 Å². The van der Waals surface area contributed by atoms with Crippen LogP contribution in [0.15, 0.2) is 23.2 Å². The number of aromatic nitrogens is 1. The van der Waals surface area contributed by atoms with Gasteiger partial charge in [-0.15, -0.1) is 0 Å². The van der Waals surface area contributed by atoms with E-state index in [1.807, 2.05) is 0 Å². The lowest BCUT2D eigenvalue weighted by molar-refractivity contribution is -0.154. The van der Waals surface area contributed by atoms with E-state index in [0.29, 0.717) is 0 Å². The van der Waals surface area contributed by atoms with Crippen molar-refractivity contribution in [1.82, 2.24) is 4.98 Å². The zero-order valence-electron chi connectivity index (χ0n) is 7.53. The van der Waals surface area contributed by atoms with E-state index in [4.69, 9.17) is 10.7 Å². The first-order valence-corrected chi connectivity index (χ1v) is 6.10. The smallest absolute Gasteiger partial charge is 0.422 e. The summed E-state index contributed by atoms with van der Waals surface area (Å²) in [6.45, 7) is -1.64. The van der Waals surface area contributed by atoms with Crippen molar-refractivity contribution in [2.75, 3.05) is 6.61 Å². The lowest BCUT2D eigenvalue weighted by atomic mass is 10.5. The van der Waals surface area contributed by atoms with Gasteiger partial charge in [0.15, 0.2) is 6.61 Å². The second-order valence-corrected chi connectivity index (χ2v) is 5.18. The zero-order valence-corrected chi connectivity index (χ0v) is 9.10. The van der Waals surface area contributed by atoms with E-state index >= 15 is 0 Å². The highest BCUT2D eigenvalue weighted by atomic mass is 35.7. The fraction of sp³-hybridized carbons (Fsp3) is 0.286. The SMILES string of the molecule is O=S(=O)(Cl)c1cccnc1OCC(F)(F)F. The summed E-state index contributed by atoms with van der Waals surface area (Å²) in [5, 5.41) is 0. The highest BCUT2D eigenvalue weighted by Gasteiger charge is 2.30. The van der Waals surface area contributed by atoms with E-state index in [1.54, 1.807) is 0 Å². The summed E-state index contributed by atoms with van der Waals surface area (Å²) in [5.41, 5.74) is 0. The van der Waals surface area contributed by atoms with Crippen molar-refractivity contribution < 1.29 is 26.3 Å². The van der Waals surface area contributed by atoms with E-state index in [1.165, 1.54) is 6.07 Å². The van der Waals surface area contributed by atoms with Crippen LogP contribution >= 0.6 is 10.7 Å². The van der Waals surface area contributed by atoms with Crippen LogP contribution in [0.2, 0.25) is 0 Å². The minimum absolute atomic E-state index is 0.596. The van der Waals surface area contributed by atoms with Gasteiger partial charge in [-0.25, -0.2) is 13.4 Å². The molecular formula is C7H5ClF3NO3S. The van der Waals surface area contributed by atoms with Crippen LogP contribution in [0.5, 0.6) is 5.88 Å². The molecule has 1 rings (SSSR count). The van der Waals surface area contributed by atoms with Gasteiger partial charge in [0.1, 0.15) is 4.90 Å². The number of hydrogen-bond donors (Lipinski definition) is 0. The number of pyridine rings is 1. The van der Waals surface area contributed by atoms with Gasteiger partial charge in [-0.05, 0) is 12.1 Å². The minimum Gasteiger partial charge on any atom is -0.467 e. The Morgan fingerprint density at radius 2 is 2.06 bits per heavy atom. The van der Waals surface area contributed by atoms with Crippen LogP contribution in [-0.4, -0.2) is 26.2 Å². The Hall–Kier alpha value is -1.02. The molecule has 0 saturated carbocycles. The van der Waals surface area contributed by atoms with Gasteiger partial charge in [0.25, 0.3) is 9.05 Å². The standard InChI is InChI=1S/C7H5ClF3NO3S/c8-16(13,14)5-2-1-3-12-6(5)15-4-7(9,10)11/h1-3H,4H2. The van der Waals surface area contributed by atoms with Crippen molar-refractivity contribution in [3.05, 3.63) is 18.3 Å². The number of nitrogens with zero attached hydrogens (tertiary/aromatic N) is 1. The number of rotatable bonds is 3. The van der Waals surface area contributed by atoms with Crippen molar-refractivity contribution in [3.8, 4) is 5.88 Å². The third kappa shape index (κ3) is 3.86. The number of halogens is 4. The predicted molar refractivity (Wildman–Crippen MR) is 48.8 cm³/mol. The van der Waals surface area contributed by atoms with E-state index in [9.17, 15) is 21.6 Å². The first-order valence-electron chi connectivity index (χ1n) is 3.79. The largest absolute Gasteiger partial charge is 0.467 e. The molecule has 0 radical (unpaired) electrons. The van der Waals surface area contributed by atoms with Crippen LogP contribution < -0.4 is 4.74 Å². The summed E-state index contributed by atoms with van der Waals surface area (Å²) in [6.07, 6.45) is -3.48. The predicted octanol–water partition coefficient (Wildman–Crippen LogP) is 1.95. The molecule has 0 aliphatic rings. The van der Waals surface area contributed by atoms with Gasteiger partial charge in [-0.3, -0.25) is 0 Å². The second kappa shape index (κ2) is 4.46. The molecule has 1 heterocycles. The first kappa shape index (κ1) is 13.0. The second-order valence-electron chi connectivity index (χ2n) is 2.65. The fourth-order valence-corrected chi connectivity index (χ4v) is 1.73. The summed E-state index contributed by atoms with van der Waals surface area (Å²) in [6, 6.07) is 2.22. The molecule has 4 nitrogen and oxygen atoms in total. The highest BCUT2D eigenvalue weighted by Crippen LogP contribution is 2.25. The Morgan fingerprint density at radius 1 is 1.44 bits per heavy atom. The number of ether oxygens (including phenoxy) is 1. The monoisotopic (exact) mass is 275 g/mol. The Morgan fingerprint density at radius 3 is 2.56 bits per heavy atom. The van der Waals surface area contributed by atoms with Gasteiger partial charge >= 0.3 is 6.18 Å². The maximum Gasteiger partial charge on any atom is 0.422 e. The van der Waals surface area contributed by atoms with Crippen LogP contribution in [0.4, 0.5) is 13.2 Å². The van der Waals surface area contributed by atoms with Gasteiger partial charge in [-0.1, -0.05) is 0 Å². The first-order chi connectivity index (χ1) is 7.20. The van der Waals surface area contributed by atoms with E-state index in [2.05, 4.69) is 9.72 Å². The Kier molecular flexibility index (Phi) is 3.64. The molecule has 0 aliphatic carbocycles. The molecule has 0 spiro atoms. The van der Waals surface area contributed by atoms with Crippen LogP contribution in [0.3, 0.4) is 0 Å². The molecule has 90 valence electrons. The van der Waals surface area contributed by atoms with Crippen molar-refractivity contribution in [2.24, 2.45) is 0 Å². The lowest BCUT2D eigenvalue weighted by Gasteiger charge is -2.09. The number of alkyl halides is 3. The van der Waals surface area contributed by atoms with Crippen LogP contribution in [0, 0.1) is 0 Å². The fourth-order valence-electron chi connectivity index (χ4n) is 0.820. The highest BCUT2D eigenvalue weighted by molar-refractivity contribution is 8.13. The minimum atomic E-state index is -4.58. The molecule has 1 aromatic rings. The van der Waals surface area contributed by atoms with Crippen molar-refractivity contribution in [1.29, 1.82) is 0 Å². The molecule has 0 amide bonds. The quantitative estimate of drug-likeness (QED) is 0.791. The van der Waals surface area contributed by atoms with Gasteiger partial charge in [0.2, 0.25) is 5.88 Å². The molecule has 0 N–H and O–H groups in total. The third-order valence-electron chi connectivity index (χ3n) is 1.37. The summed E-state index contributed by atoms with van der Waals surface area (Å²) < 4.78 is 61.6. The van der Waals surface area contributed by atoms with Crippen molar-refractivity contribution >= 4 is 19.7 Å². The van der Waals surface area contributed by atoms with Gasteiger partial charge in [0, 0.05) is 16.9 Å². The van der Waals surface area contributed by atoms with Crippen LogP contribution in [-0.2, 0) is 9.05 Å². The van der Waals surface area contributed by atoms with Crippen LogP contribution in [0.1, 0.15) is 0 Å². The average molecular weight is 276 g/mol. The zero-order chi connectivity index (χ0) is 12.4. The molecule has 16 heavy (non-hydrogen) atoms. The lowest BCUT2D eigenvalue weighted by Crippen LogP contribution is -2.20. The molecule has 0 fully saturated rings.